The van der Waals surface area contributed by atoms with Gasteiger partial charge in [-0.05, 0) is 48.1 Å². The number of anilines is 1. The zero-order chi connectivity index (χ0) is 23.0. The van der Waals surface area contributed by atoms with Crippen LogP contribution in [-0.4, -0.2) is 34.8 Å². The third-order valence-electron chi connectivity index (χ3n) is 6.48. The summed E-state index contributed by atoms with van der Waals surface area (Å²) in [4.78, 5) is 26.5. The van der Waals surface area contributed by atoms with Crippen LogP contribution in [0.5, 0.6) is 0 Å². The second-order valence-corrected chi connectivity index (χ2v) is 9.69. The summed E-state index contributed by atoms with van der Waals surface area (Å²) in [5, 5.41) is 10.7. The minimum absolute atomic E-state index is 0.0113. The van der Waals surface area contributed by atoms with E-state index >= 15 is 0 Å². The number of hydrogen-bond acceptors (Lipinski definition) is 3. The fraction of sp³-hybridized carbons (Fsp3) is 0.346. The van der Waals surface area contributed by atoms with Crippen molar-refractivity contribution in [3.63, 3.8) is 0 Å². The number of rotatable bonds is 5. The molecule has 170 valence electrons. The van der Waals surface area contributed by atoms with Gasteiger partial charge < -0.3 is 10.6 Å². The van der Waals surface area contributed by atoms with E-state index in [9.17, 15) is 9.59 Å². The van der Waals surface area contributed by atoms with E-state index in [1.165, 1.54) is 0 Å². The first kappa shape index (κ1) is 21.2. The Labute approximate surface area is 193 Å². The number of carbonyl (C=O) groups is 2. The van der Waals surface area contributed by atoms with Crippen LogP contribution in [0.2, 0.25) is 0 Å². The van der Waals surface area contributed by atoms with Gasteiger partial charge in [0.15, 0.2) is 0 Å². The van der Waals surface area contributed by atoms with E-state index in [0.29, 0.717) is 19.5 Å². The standard InChI is InChI=1S/C26H29N5O2/c1-26(2)15-22(21-17-28-31(23(21)16-26)20-6-4-3-5-7-20)29-24(32)14-18-8-10-19(11-9-18)30-13-12-27-25(30)33/h3-11,17,22H,12-16H2,1-2H3,(H,27,33)(H,29,32)/t22-/m0/s1. The average molecular weight is 444 g/mol. The summed E-state index contributed by atoms with van der Waals surface area (Å²) in [7, 11) is 0. The predicted octanol–water partition coefficient (Wildman–Crippen LogP) is 3.77. The van der Waals surface area contributed by atoms with Gasteiger partial charge in [-0.3, -0.25) is 9.69 Å². The third kappa shape index (κ3) is 4.35. The Morgan fingerprint density at radius 1 is 1.12 bits per heavy atom. The van der Waals surface area contributed by atoms with E-state index in [-0.39, 0.29) is 23.4 Å². The molecule has 0 bridgehead atoms. The molecule has 0 unspecified atom stereocenters. The van der Waals surface area contributed by atoms with Crippen LogP contribution in [0.15, 0.2) is 60.8 Å². The molecule has 1 atom stereocenters. The minimum Gasteiger partial charge on any atom is -0.349 e. The van der Waals surface area contributed by atoms with E-state index in [1.54, 1.807) is 4.90 Å². The Hall–Kier alpha value is -3.61. The van der Waals surface area contributed by atoms with Crippen molar-refractivity contribution in [2.75, 3.05) is 18.0 Å². The van der Waals surface area contributed by atoms with Crippen LogP contribution < -0.4 is 15.5 Å². The second kappa shape index (κ2) is 8.39. The monoisotopic (exact) mass is 443 g/mol. The van der Waals surface area contributed by atoms with Crippen LogP contribution in [-0.2, 0) is 17.6 Å². The van der Waals surface area contributed by atoms with E-state index in [1.807, 2.05) is 53.3 Å². The Bertz CT molecular complexity index is 1170. The highest BCUT2D eigenvalue weighted by atomic mass is 16.2. The number of urea groups is 1. The van der Waals surface area contributed by atoms with E-state index in [2.05, 4.69) is 41.7 Å². The average Bonchev–Trinajstić information content (AvgIpc) is 3.40. The van der Waals surface area contributed by atoms with Crippen LogP contribution in [0.3, 0.4) is 0 Å². The first-order valence-electron chi connectivity index (χ1n) is 11.5. The van der Waals surface area contributed by atoms with Crippen molar-refractivity contribution in [2.45, 2.75) is 39.2 Å². The first-order chi connectivity index (χ1) is 15.9. The number of nitrogens with one attached hydrogen (secondary N) is 2. The van der Waals surface area contributed by atoms with Gasteiger partial charge in [-0.15, -0.1) is 0 Å². The highest BCUT2D eigenvalue weighted by molar-refractivity contribution is 5.94. The lowest BCUT2D eigenvalue weighted by Crippen LogP contribution is -2.37. The van der Waals surface area contributed by atoms with Gasteiger partial charge in [-0.25, -0.2) is 9.48 Å². The van der Waals surface area contributed by atoms with Crippen LogP contribution in [0, 0.1) is 5.41 Å². The van der Waals surface area contributed by atoms with Crippen molar-refractivity contribution in [3.05, 3.63) is 77.6 Å². The molecule has 2 aromatic carbocycles. The molecule has 1 aliphatic carbocycles. The van der Waals surface area contributed by atoms with E-state index in [0.717, 1.165) is 41.0 Å². The van der Waals surface area contributed by atoms with Crippen molar-refractivity contribution in [2.24, 2.45) is 5.41 Å². The highest BCUT2D eigenvalue weighted by Gasteiger charge is 2.36. The third-order valence-corrected chi connectivity index (χ3v) is 6.48. The fourth-order valence-electron chi connectivity index (χ4n) is 4.91. The zero-order valence-corrected chi connectivity index (χ0v) is 19.0. The molecule has 3 amide bonds. The molecule has 2 aliphatic rings. The number of benzene rings is 2. The summed E-state index contributed by atoms with van der Waals surface area (Å²) in [5.41, 5.74) is 5.12. The number of nitrogens with zero attached hydrogens (tertiary/aromatic N) is 3. The van der Waals surface area contributed by atoms with Crippen LogP contribution in [0.4, 0.5) is 10.5 Å². The van der Waals surface area contributed by atoms with Crippen molar-refractivity contribution in [1.29, 1.82) is 0 Å². The van der Waals surface area contributed by atoms with Gasteiger partial charge in [0, 0.05) is 24.3 Å². The molecule has 1 fully saturated rings. The Morgan fingerprint density at radius 3 is 2.58 bits per heavy atom. The molecule has 3 aromatic rings. The van der Waals surface area contributed by atoms with Crippen molar-refractivity contribution in [3.8, 4) is 5.69 Å². The largest absolute Gasteiger partial charge is 0.349 e. The molecule has 1 saturated heterocycles. The van der Waals surface area contributed by atoms with E-state index < -0.39 is 0 Å². The molecule has 2 heterocycles. The molecular weight excluding hydrogens is 414 g/mol. The maximum atomic E-state index is 13.0. The van der Waals surface area contributed by atoms with Gasteiger partial charge in [0.05, 0.1) is 30.0 Å². The van der Waals surface area contributed by atoms with Gasteiger partial charge in [0.2, 0.25) is 5.91 Å². The van der Waals surface area contributed by atoms with Gasteiger partial charge in [0.1, 0.15) is 0 Å². The molecule has 1 aromatic heterocycles. The summed E-state index contributed by atoms with van der Waals surface area (Å²) in [5.74, 6) is -0.0113. The van der Waals surface area contributed by atoms with Gasteiger partial charge in [-0.2, -0.15) is 5.10 Å². The molecule has 5 rings (SSSR count). The maximum Gasteiger partial charge on any atom is 0.321 e. The SMILES string of the molecule is CC1(C)Cc2c(cnn2-c2ccccc2)[C@@H](NC(=O)Cc2ccc(N3CCNC3=O)cc2)C1. The molecule has 2 N–H and O–H groups in total. The Kier molecular flexibility index (Phi) is 5.40. The topological polar surface area (TPSA) is 79.3 Å². The summed E-state index contributed by atoms with van der Waals surface area (Å²) in [6, 6.07) is 17.6. The van der Waals surface area contributed by atoms with Crippen molar-refractivity contribution >= 4 is 17.6 Å². The smallest absolute Gasteiger partial charge is 0.321 e. The predicted molar refractivity (Wildman–Crippen MR) is 127 cm³/mol. The zero-order valence-electron chi connectivity index (χ0n) is 19.0. The number of hydrogen-bond donors (Lipinski definition) is 2. The molecule has 33 heavy (non-hydrogen) atoms. The lowest BCUT2D eigenvalue weighted by molar-refractivity contribution is -0.121. The Morgan fingerprint density at radius 2 is 1.88 bits per heavy atom. The van der Waals surface area contributed by atoms with Gasteiger partial charge in [0.25, 0.3) is 0 Å². The number of carbonyl (C=O) groups excluding carboxylic acids is 2. The fourth-order valence-corrected chi connectivity index (χ4v) is 4.91. The number of amides is 3. The second-order valence-electron chi connectivity index (χ2n) is 9.69. The van der Waals surface area contributed by atoms with E-state index in [4.69, 9.17) is 0 Å². The lowest BCUT2D eigenvalue weighted by atomic mass is 9.74. The lowest BCUT2D eigenvalue weighted by Gasteiger charge is -2.36. The number of para-hydroxylation sites is 1. The molecule has 1 aliphatic heterocycles. The number of fused-ring (bicyclic) bond motifs is 1. The normalized spacial score (nSPS) is 19.2. The van der Waals surface area contributed by atoms with Gasteiger partial charge in [-0.1, -0.05) is 44.2 Å². The quantitative estimate of drug-likeness (QED) is 0.630. The first-order valence-corrected chi connectivity index (χ1v) is 11.5. The highest BCUT2D eigenvalue weighted by Crippen LogP contribution is 2.41. The van der Waals surface area contributed by atoms with Crippen molar-refractivity contribution < 1.29 is 9.59 Å². The van der Waals surface area contributed by atoms with Crippen LogP contribution in [0.25, 0.3) is 5.69 Å². The molecule has 0 radical (unpaired) electrons. The van der Waals surface area contributed by atoms with Crippen LogP contribution in [0.1, 0.15) is 43.1 Å². The number of aromatic nitrogens is 2. The van der Waals surface area contributed by atoms with Crippen LogP contribution >= 0.6 is 0 Å². The summed E-state index contributed by atoms with van der Waals surface area (Å²) >= 11 is 0. The molecule has 0 spiro atoms. The molecular formula is C26H29N5O2. The van der Waals surface area contributed by atoms with Crippen molar-refractivity contribution in [1.82, 2.24) is 20.4 Å². The summed E-state index contributed by atoms with van der Waals surface area (Å²) in [6.07, 6.45) is 3.98. The maximum absolute atomic E-state index is 13.0. The van der Waals surface area contributed by atoms with Gasteiger partial charge >= 0.3 is 6.03 Å². The molecule has 7 nitrogen and oxygen atoms in total. The Balaban J connectivity index is 1.31. The molecule has 7 heteroatoms. The summed E-state index contributed by atoms with van der Waals surface area (Å²) < 4.78 is 2.00. The summed E-state index contributed by atoms with van der Waals surface area (Å²) in [6.45, 7) is 5.80. The molecule has 0 saturated carbocycles. The minimum atomic E-state index is -0.0766.